The first-order valence-corrected chi connectivity index (χ1v) is 10.2. The van der Waals surface area contributed by atoms with E-state index in [9.17, 15) is 13.2 Å². The maximum Gasteiger partial charge on any atom is 0.267 e. The molecule has 0 aliphatic rings. The number of hydrogen-bond acceptors (Lipinski definition) is 6. The van der Waals surface area contributed by atoms with E-state index in [0.717, 1.165) is 11.6 Å². The van der Waals surface area contributed by atoms with Crippen LogP contribution in [0.1, 0.15) is 11.1 Å². The highest BCUT2D eigenvalue weighted by Gasteiger charge is 2.13. The van der Waals surface area contributed by atoms with Gasteiger partial charge in [-0.3, -0.25) is 10.0 Å². The lowest BCUT2D eigenvalue weighted by atomic mass is 10.1. The summed E-state index contributed by atoms with van der Waals surface area (Å²) in [6, 6.07) is 16.3. The van der Waals surface area contributed by atoms with Gasteiger partial charge in [-0.2, -0.15) is 0 Å². The van der Waals surface area contributed by atoms with Gasteiger partial charge in [-0.1, -0.05) is 59.8 Å². The van der Waals surface area contributed by atoms with E-state index in [1.807, 2.05) is 30.3 Å². The van der Waals surface area contributed by atoms with E-state index in [4.69, 9.17) is 5.21 Å². The Labute approximate surface area is 167 Å². The first kappa shape index (κ1) is 20.4. The molecule has 0 fully saturated rings. The molecule has 3 aromatic rings. The van der Waals surface area contributed by atoms with Gasteiger partial charge in [-0.05, 0) is 17.2 Å². The lowest BCUT2D eigenvalue weighted by Crippen LogP contribution is -2.27. The van der Waals surface area contributed by atoms with Gasteiger partial charge in [0.1, 0.15) is 5.69 Å². The van der Waals surface area contributed by atoms with Crippen LogP contribution in [0.3, 0.4) is 0 Å². The number of rotatable bonds is 8. The summed E-state index contributed by atoms with van der Waals surface area (Å²) in [7, 11) is -3.65. The number of nitrogens with zero attached hydrogens (tertiary/aromatic N) is 3. The summed E-state index contributed by atoms with van der Waals surface area (Å²) in [5.41, 5.74) is 4.34. The minimum Gasteiger partial charge on any atom is -0.288 e. The first-order valence-electron chi connectivity index (χ1n) is 8.59. The molecule has 0 aliphatic carbocycles. The topological polar surface area (TPSA) is 126 Å². The van der Waals surface area contributed by atoms with Crippen molar-refractivity contribution >= 4 is 22.0 Å². The van der Waals surface area contributed by atoms with Crippen molar-refractivity contribution in [2.24, 2.45) is 0 Å². The van der Waals surface area contributed by atoms with Crippen molar-refractivity contribution in [2.45, 2.75) is 12.4 Å². The van der Waals surface area contributed by atoms with E-state index < -0.39 is 15.9 Å². The molecular formula is C19H19N5O4S. The van der Waals surface area contributed by atoms with E-state index in [2.05, 4.69) is 15.0 Å². The summed E-state index contributed by atoms with van der Waals surface area (Å²) in [5, 5.41) is 16.4. The highest BCUT2D eigenvalue weighted by Crippen LogP contribution is 2.15. The van der Waals surface area contributed by atoms with Gasteiger partial charge in [0.25, 0.3) is 5.91 Å². The number of carbonyl (C=O) groups excluding carboxylic acids is 1. The summed E-state index contributed by atoms with van der Waals surface area (Å²) in [5.74, 6) is -1.01. The Hall–Kier alpha value is -3.34. The van der Waals surface area contributed by atoms with Crippen molar-refractivity contribution in [1.29, 1.82) is 0 Å². The van der Waals surface area contributed by atoms with E-state index in [-0.39, 0.29) is 12.4 Å². The van der Waals surface area contributed by atoms with Crippen molar-refractivity contribution in [1.82, 2.24) is 25.2 Å². The quantitative estimate of drug-likeness (QED) is 0.292. The first-order chi connectivity index (χ1) is 13.9. The minimum absolute atomic E-state index is 0.0798. The zero-order chi connectivity index (χ0) is 20.7. The van der Waals surface area contributed by atoms with Crippen molar-refractivity contribution < 1.29 is 18.4 Å². The zero-order valence-corrected chi connectivity index (χ0v) is 16.1. The SMILES string of the molecule is O=C(/C=C/c1cccc(CNS(=O)(=O)Cn2cc(-c3ccccc3)nn2)c1)NO. The average molecular weight is 413 g/mol. The second-order valence-electron chi connectivity index (χ2n) is 6.13. The third-order valence-electron chi connectivity index (χ3n) is 3.90. The zero-order valence-electron chi connectivity index (χ0n) is 15.3. The monoisotopic (exact) mass is 413 g/mol. The fraction of sp³-hybridized carbons (Fsp3) is 0.105. The van der Waals surface area contributed by atoms with Crippen LogP contribution in [-0.4, -0.2) is 34.5 Å². The lowest BCUT2D eigenvalue weighted by molar-refractivity contribution is -0.124. The number of carbonyl (C=O) groups is 1. The number of amides is 1. The van der Waals surface area contributed by atoms with Crippen LogP contribution in [0, 0.1) is 0 Å². The molecule has 150 valence electrons. The molecule has 1 aromatic heterocycles. The fourth-order valence-corrected chi connectivity index (χ4v) is 3.48. The minimum atomic E-state index is -3.65. The number of aromatic nitrogens is 3. The predicted octanol–water partition coefficient (Wildman–Crippen LogP) is 1.54. The van der Waals surface area contributed by atoms with Crippen LogP contribution in [0.25, 0.3) is 17.3 Å². The van der Waals surface area contributed by atoms with Gasteiger partial charge in [0.15, 0.2) is 5.88 Å². The molecule has 2 aromatic carbocycles. The van der Waals surface area contributed by atoms with Gasteiger partial charge < -0.3 is 0 Å². The fourth-order valence-electron chi connectivity index (χ4n) is 2.53. The van der Waals surface area contributed by atoms with Crippen molar-refractivity contribution in [3.8, 4) is 11.3 Å². The van der Waals surface area contributed by atoms with Gasteiger partial charge in [0.2, 0.25) is 10.0 Å². The second-order valence-corrected chi connectivity index (χ2v) is 7.91. The Morgan fingerprint density at radius 2 is 1.93 bits per heavy atom. The molecule has 0 bridgehead atoms. The van der Waals surface area contributed by atoms with Crippen LogP contribution in [0.5, 0.6) is 0 Å². The number of benzene rings is 2. The third kappa shape index (κ3) is 6.07. The maximum atomic E-state index is 12.4. The van der Waals surface area contributed by atoms with Crippen LogP contribution in [0.2, 0.25) is 0 Å². The molecule has 29 heavy (non-hydrogen) atoms. The van der Waals surface area contributed by atoms with Gasteiger partial charge in [0.05, 0.1) is 6.20 Å². The number of nitrogens with one attached hydrogen (secondary N) is 2. The van der Waals surface area contributed by atoms with Crippen LogP contribution in [-0.2, 0) is 27.2 Å². The summed E-state index contributed by atoms with van der Waals surface area (Å²) >= 11 is 0. The van der Waals surface area contributed by atoms with E-state index in [0.29, 0.717) is 16.8 Å². The smallest absolute Gasteiger partial charge is 0.267 e. The van der Waals surface area contributed by atoms with Crippen molar-refractivity contribution in [3.63, 3.8) is 0 Å². The standard InChI is InChI=1S/C19H19N5O4S/c25-19(22-26)10-9-15-5-4-6-16(11-15)12-20-29(27,28)14-24-13-18(21-23-24)17-7-2-1-3-8-17/h1-11,13,20,26H,12,14H2,(H,22,25)/b10-9+. The number of hydroxylamine groups is 1. The Bertz CT molecular complexity index is 1110. The molecule has 0 aliphatic heterocycles. The Balaban J connectivity index is 1.61. The summed E-state index contributed by atoms with van der Waals surface area (Å²) in [6.07, 6.45) is 4.24. The largest absolute Gasteiger partial charge is 0.288 e. The Morgan fingerprint density at radius 3 is 2.69 bits per heavy atom. The average Bonchev–Trinajstić information content (AvgIpc) is 3.19. The summed E-state index contributed by atoms with van der Waals surface area (Å²) in [6.45, 7) is 0.0798. The molecule has 1 heterocycles. The second kappa shape index (κ2) is 9.24. The maximum absolute atomic E-state index is 12.4. The van der Waals surface area contributed by atoms with Gasteiger partial charge >= 0.3 is 0 Å². The summed E-state index contributed by atoms with van der Waals surface area (Å²) in [4.78, 5) is 11.0. The Morgan fingerprint density at radius 1 is 1.14 bits per heavy atom. The van der Waals surface area contributed by atoms with Gasteiger partial charge in [-0.15, -0.1) is 5.10 Å². The van der Waals surface area contributed by atoms with Crippen molar-refractivity contribution in [3.05, 3.63) is 78.0 Å². The van der Waals surface area contributed by atoms with Crippen LogP contribution >= 0.6 is 0 Å². The lowest BCUT2D eigenvalue weighted by Gasteiger charge is -2.07. The van der Waals surface area contributed by atoms with Gasteiger partial charge in [-0.25, -0.2) is 23.3 Å². The normalized spacial score (nSPS) is 11.6. The molecule has 1 amide bonds. The number of sulfonamides is 1. The van der Waals surface area contributed by atoms with Gasteiger partial charge in [0, 0.05) is 18.2 Å². The number of hydrogen-bond donors (Lipinski definition) is 3. The molecule has 0 saturated heterocycles. The highest BCUT2D eigenvalue weighted by molar-refractivity contribution is 7.88. The van der Waals surface area contributed by atoms with Crippen LogP contribution in [0.15, 0.2) is 66.9 Å². The molecule has 0 atom stereocenters. The molecule has 0 unspecified atom stereocenters. The Kier molecular flexibility index (Phi) is 6.50. The molecule has 3 rings (SSSR count). The van der Waals surface area contributed by atoms with Crippen LogP contribution < -0.4 is 10.2 Å². The third-order valence-corrected chi connectivity index (χ3v) is 5.08. The summed E-state index contributed by atoms with van der Waals surface area (Å²) < 4.78 is 28.5. The van der Waals surface area contributed by atoms with E-state index in [1.54, 1.807) is 30.5 Å². The molecule has 0 spiro atoms. The van der Waals surface area contributed by atoms with E-state index >= 15 is 0 Å². The van der Waals surface area contributed by atoms with Crippen molar-refractivity contribution in [2.75, 3.05) is 0 Å². The molecule has 9 nitrogen and oxygen atoms in total. The molecule has 0 radical (unpaired) electrons. The molecule has 10 heteroatoms. The highest BCUT2D eigenvalue weighted by atomic mass is 32.2. The van der Waals surface area contributed by atoms with E-state index in [1.165, 1.54) is 16.2 Å². The molecular weight excluding hydrogens is 394 g/mol. The molecule has 3 N–H and O–H groups in total. The molecule has 0 saturated carbocycles. The predicted molar refractivity (Wildman–Crippen MR) is 107 cm³/mol. The van der Waals surface area contributed by atoms with Crippen LogP contribution in [0.4, 0.5) is 0 Å².